The summed E-state index contributed by atoms with van der Waals surface area (Å²) in [5.41, 5.74) is 6.03. The molecule has 0 spiro atoms. The molecule has 1 heterocycles. The second kappa shape index (κ2) is 7.50. The van der Waals surface area contributed by atoms with Gasteiger partial charge in [-0.25, -0.2) is 4.68 Å². The number of methoxy groups -OCH3 is 3. The van der Waals surface area contributed by atoms with E-state index in [2.05, 4.69) is 11.4 Å². The zero-order valence-electron chi connectivity index (χ0n) is 16.9. The van der Waals surface area contributed by atoms with Gasteiger partial charge in [0.2, 0.25) is 0 Å². The van der Waals surface area contributed by atoms with Gasteiger partial charge in [0, 0.05) is 23.2 Å². The van der Waals surface area contributed by atoms with Gasteiger partial charge in [-0.1, -0.05) is 12.1 Å². The molecule has 0 unspecified atom stereocenters. The van der Waals surface area contributed by atoms with Gasteiger partial charge in [0.25, 0.3) is 0 Å². The first-order valence-corrected chi connectivity index (χ1v) is 9.29. The van der Waals surface area contributed by atoms with Gasteiger partial charge in [-0.2, -0.15) is 5.10 Å². The second-order valence-corrected chi connectivity index (χ2v) is 6.95. The standard InChI is InChI=1S/C22H23N3O4/c1-13-6-5-7-15(8-13)23-22-17-9-14-10-18(27-2)19(28-3)11-16(14)21(17)24-25(22)12-20(26)29-4/h5-8,10-11,23H,9,12H2,1-4H3. The van der Waals surface area contributed by atoms with Crippen LogP contribution in [0.2, 0.25) is 0 Å². The van der Waals surface area contributed by atoms with Crippen molar-refractivity contribution in [2.24, 2.45) is 0 Å². The minimum atomic E-state index is -0.356. The Kier molecular flexibility index (Phi) is 4.88. The first-order chi connectivity index (χ1) is 14.0. The van der Waals surface area contributed by atoms with Gasteiger partial charge in [-0.15, -0.1) is 0 Å². The van der Waals surface area contributed by atoms with Crippen LogP contribution in [0.3, 0.4) is 0 Å². The first-order valence-electron chi connectivity index (χ1n) is 9.29. The van der Waals surface area contributed by atoms with Crippen molar-refractivity contribution in [3.63, 3.8) is 0 Å². The number of nitrogens with one attached hydrogen (secondary N) is 1. The van der Waals surface area contributed by atoms with Crippen LogP contribution >= 0.6 is 0 Å². The summed E-state index contributed by atoms with van der Waals surface area (Å²) in [4.78, 5) is 11.9. The van der Waals surface area contributed by atoms with Crippen molar-refractivity contribution in [2.45, 2.75) is 19.9 Å². The molecule has 2 aromatic carbocycles. The number of benzene rings is 2. The topological polar surface area (TPSA) is 74.6 Å². The van der Waals surface area contributed by atoms with Gasteiger partial charge in [0.05, 0.1) is 27.0 Å². The monoisotopic (exact) mass is 393 g/mol. The number of anilines is 2. The van der Waals surface area contributed by atoms with Gasteiger partial charge >= 0.3 is 5.97 Å². The minimum absolute atomic E-state index is 0.0280. The van der Waals surface area contributed by atoms with E-state index in [0.717, 1.165) is 39.5 Å². The molecule has 0 saturated heterocycles. The third kappa shape index (κ3) is 3.40. The van der Waals surface area contributed by atoms with Crippen LogP contribution in [0.25, 0.3) is 11.3 Å². The molecule has 1 aliphatic carbocycles. The second-order valence-electron chi connectivity index (χ2n) is 6.95. The number of rotatable bonds is 6. The molecule has 0 saturated carbocycles. The fourth-order valence-electron chi connectivity index (χ4n) is 3.66. The summed E-state index contributed by atoms with van der Waals surface area (Å²) in [5.74, 6) is 1.76. The van der Waals surface area contributed by atoms with E-state index in [9.17, 15) is 4.79 Å². The van der Waals surface area contributed by atoms with Crippen molar-refractivity contribution in [1.82, 2.24) is 9.78 Å². The number of hydrogen-bond donors (Lipinski definition) is 1. The van der Waals surface area contributed by atoms with E-state index in [-0.39, 0.29) is 12.5 Å². The molecule has 7 heteroatoms. The van der Waals surface area contributed by atoms with E-state index >= 15 is 0 Å². The number of carbonyl (C=O) groups excluding carboxylic acids is 1. The van der Waals surface area contributed by atoms with E-state index in [1.807, 2.05) is 37.3 Å². The van der Waals surface area contributed by atoms with Crippen LogP contribution in [0.15, 0.2) is 36.4 Å². The first kappa shape index (κ1) is 18.9. The Morgan fingerprint density at radius 3 is 2.59 bits per heavy atom. The predicted octanol–water partition coefficient (Wildman–Crippen LogP) is 3.70. The molecule has 0 radical (unpaired) electrons. The van der Waals surface area contributed by atoms with Crippen LogP contribution < -0.4 is 14.8 Å². The van der Waals surface area contributed by atoms with Gasteiger partial charge in [-0.3, -0.25) is 4.79 Å². The molecule has 1 aliphatic rings. The molecule has 0 fully saturated rings. The normalized spacial score (nSPS) is 11.6. The highest BCUT2D eigenvalue weighted by Gasteiger charge is 2.30. The van der Waals surface area contributed by atoms with Crippen LogP contribution in [0.4, 0.5) is 11.5 Å². The number of hydrogen-bond acceptors (Lipinski definition) is 6. The Labute approximate surface area is 169 Å². The average molecular weight is 393 g/mol. The molecule has 150 valence electrons. The van der Waals surface area contributed by atoms with Gasteiger partial charge < -0.3 is 19.5 Å². The van der Waals surface area contributed by atoms with Gasteiger partial charge in [-0.05, 0) is 42.3 Å². The predicted molar refractivity (Wildman–Crippen MR) is 110 cm³/mol. The van der Waals surface area contributed by atoms with Crippen LogP contribution in [-0.2, 0) is 22.5 Å². The molecular formula is C22H23N3O4. The fraction of sp³-hybridized carbons (Fsp3) is 0.273. The minimum Gasteiger partial charge on any atom is -0.493 e. The lowest BCUT2D eigenvalue weighted by Gasteiger charge is -2.13. The molecule has 1 N–H and O–H groups in total. The molecule has 0 bridgehead atoms. The summed E-state index contributed by atoms with van der Waals surface area (Å²) in [6, 6.07) is 12.0. The quantitative estimate of drug-likeness (QED) is 0.504. The summed E-state index contributed by atoms with van der Waals surface area (Å²) >= 11 is 0. The number of esters is 1. The highest BCUT2D eigenvalue weighted by molar-refractivity contribution is 5.82. The van der Waals surface area contributed by atoms with E-state index in [1.165, 1.54) is 7.11 Å². The Balaban J connectivity index is 1.81. The van der Waals surface area contributed by atoms with Crippen molar-refractivity contribution in [3.05, 3.63) is 53.1 Å². The zero-order chi connectivity index (χ0) is 20.5. The lowest BCUT2D eigenvalue weighted by Crippen LogP contribution is -2.15. The summed E-state index contributed by atoms with van der Waals surface area (Å²) in [7, 11) is 4.61. The summed E-state index contributed by atoms with van der Waals surface area (Å²) in [6.45, 7) is 2.07. The molecule has 4 rings (SSSR count). The number of carbonyl (C=O) groups is 1. The number of aromatic nitrogens is 2. The molecule has 3 aromatic rings. The Morgan fingerprint density at radius 2 is 1.90 bits per heavy atom. The maximum atomic E-state index is 11.9. The van der Waals surface area contributed by atoms with E-state index in [1.54, 1.807) is 18.9 Å². The lowest BCUT2D eigenvalue weighted by atomic mass is 10.1. The summed E-state index contributed by atoms with van der Waals surface area (Å²) < 4.78 is 17.4. The van der Waals surface area contributed by atoms with Crippen molar-refractivity contribution in [1.29, 1.82) is 0 Å². The third-order valence-electron chi connectivity index (χ3n) is 5.07. The third-order valence-corrected chi connectivity index (χ3v) is 5.07. The summed E-state index contributed by atoms with van der Waals surface area (Å²) in [5, 5.41) is 8.17. The lowest BCUT2D eigenvalue weighted by molar-refractivity contribution is -0.141. The molecule has 7 nitrogen and oxygen atoms in total. The van der Waals surface area contributed by atoms with Crippen LogP contribution in [0.1, 0.15) is 16.7 Å². The van der Waals surface area contributed by atoms with Crippen molar-refractivity contribution < 1.29 is 19.0 Å². The van der Waals surface area contributed by atoms with Crippen molar-refractivity contribution in [2.75, 3.05) is 26.6 Å². The number of fused-ring (bicyclic) bond motifs is 3. The molecule has 1 aromatic heterocycles. The highest BCUT2D eigenvalue weighted by Crippen LogP contribution is 2.45. The van der Waals surface area contributed by atoms with Crippen molar-refractivity contribution >= 4 is 17.5 Å². The Morgan fingerprint density at radius 1 is 1.14 bits per heavy atom. The maximum absolute atomic E-state index is 11.9. The smallest absolute Gasteiger partial charge is 0.327 e. The largest absolute Gasteiger partial charge is 0.493 e. The van der Waals surface area contributed by atoms with Crippen molar-refractivity contribution in [3.8, 4) is 22.8 Å². The van der Waals surface area contributed by atoms with Gasteiger partial charge in [0.15, 0.2) is 11.5 Å². The molecule has 29 heavy (non-hydrogen) atoms. The highest BCUT2D eigenvalue weighted by atomic mass is 16.5. The Bertz CT molecular complexity index is 1090. The Hall–Kier alpha value is -3.48. The van der Waals surface area contributed by atoms with E-state index in [0.29, 0.717) is 17.9 Å². The van der Waals surface area contributed by atoms with Gasteiger partial charge in [0.1, 0.15) is 12.4 Å². The molecular weight excluding hydrogens is 370 g/mol. The fourth-order valence-corrected chi connectivity index (χ4v) is 3.66. The molecule has 0 aliphatic heterocycles. The number of aryl methyl sites for hydroxylation is 1. The van der Waals surface area contributed by atoms with E-state index < -0.39 is 0 Å². The van der Waals surface area contributed by atoms with Crippen LogP contribution in [0, 0.1) is 6.92 Å². The van der Waals surface area contributed by atoms with E-state index in [4.69, 9.17) is 19.3 Å². The number of ether oxygens (including phenoxy) is 3. The number of nitrogens with zero attached hydrogens (tertiary/aromatic N) is 2. The SMILES string of the molecule is COC(=O)Cn1nc2c(c1Nc1cccc(C)c1)Cc1cc(OC)c(OC)cc1-2. The zero-order valence-corrected chi connectivity index (χ0v) is 16.9. The summed E-state index contributed by atoms with van der Waals surface area (Å²) in [6.07, 6.45) is 0.681. The van der Waals surface area contributed by atoms with Crippen LogP contribution in [-0.4, -0.2) is 37.1 Å². The molecule has 0 atom stereocenters. The maximum Gasteiger partial charge on any atom is 0.327 e. The van der Waals surface area contributed by atoms with Crippen LogP contribution in [0.5, 0.6) is 11.5 Å². The molecule has 0 amide bonds. The average Bonchev–Trinajstić information content (AvgIpc) is 3.22.